The van der Waals surface area contributed by atoms with Crippen LogP contribution in [-0.4, -0.2) is 42.6 Å². The summed E-state index contributed by atoms with van der Waals surface area (Å²) in [5.74, 6) is 0.0589. The number of H-pyrrole nitrogens is 1. The first kappa shape index (κ1) is 16.5. The number of carbonyl (C=O) groups excluding carboxylic acids is 1. The summed E-state index contributed by atoms with van der Waals surface area (Å²) in [5.41, 5.74) is 0.976. The molecule has 0 aliphatic carbocycles. The number of morpholine rings is 1. The molecule has 0 spiro atoms. The maximum Gasteiger partial charge on any atom is 0.259 e. The molecule has 1 amide bonds. The molecule has 0 saturated carbocycles. The van der Waals surface area contributed by atoms with Gasteiger partial charge in [-0.25, -0.2) is 0 Å². The molecule has 3 rings (SSSR count). The molecule has 0 unspecified atom stereocenters. The van der Waals surface area contributed by atoms with Crippen molar-refractivity contribution >= 4 is 17.5 Å². The molecule has 7 heteroatoms. The lowest BCUT2D eigenvalue weighted by atomic mass is 10.1. The predicted molar refractivity (Wildman–Crippen MR) is 89.7 cm³/mol. The molecule has 0 radical (unpaired) electrons. The van der Waals surface area contributed by atoms with Crippen LogP contribution in [0, 0.1) is 0 Å². The zero-order valence-electron chi connectivity index (χ0n) is 13.1. The van der Waals surface area contributed by atoms with E-state index >= 15 is 0 Å². The Labute approximate surface area is 144 Å². The number of nitrogens with one attached hydrogen (secondary N) is 1. The summed E-state index contributed by atoms with van der Waals surface area (Å²) >= 11 is 5.91. The third-order valence-corrected chi connectivity index (χ3v) is 4.18. The van der Waals surface area contributed by atoms with Crippen molar-refractivity contribution in [3.63, 3.8) is 0 Å². The number of carbonyl (C=O) groups is 1. The number of nitrogens with zero attached hydrogens (tertiary/aromatic N) is 1. The maximum atomic E-state index is 12.8. The van der Waals surface area contributed by atoms with E-state index in [0.717, 1.165) is 5.56 Å². The van der Waals surface area contributed by atoms with Crippen molar-refractivity contribution < 1.29 is 14.3 Å². The average Bonchev–Trinajstić information content (AvgIpc) is 2.61. The largest absolute Gasteiger partial charge is 0.496 e. The zero-order chi connectivity index (χ0) is 17.1. The first-order chi connectivity index (χ1) is 11.6. The van der Waals surface area contributed by atoms with Gasteiger partial charge in [-0.15, -0.1) is 0 Å². The van der Waals surface area contributed by atoms with Crippen LogP contribution in [0.3, 0.4) is 0 Å². The maximum absolute atomic E-state index is 12.8. The van der Waals surface area contributed by atoms with Crippen molar-refractivity contribution in [2.24, 2.45) is 0 Å². The Hall–Kier alpha value is -2.31. The van der Waals surface area contributed by atoms with Gasteiger partial charge in [-0.05, 0) is 17.7 Å². The molecule has 1 aliphatic rings. The summed E-state index contributed by atoms with van der Waals surface area (Å²) in [6, 6.07) is 8.64. The summed E-state index contributed by atoms with van der Waals surface area (Å²) in [4.78, 5) is 28.4. The van der Waals surface area contributed by atoms with Gasteiger partial charge < -0.3 is 19.4 Å². The topological polar surface area (TPSA) is 71.6 Å². The van der Waals surface area contributed by atoms with Crippen molar-refractivity contribution in [2.45, 2.75) is 6.10 Å². The Morgan fingerprint density at radius 2 is 2.12 bits per heavy atom. The Morgan fingerprint density at radius 3 is 2.83 bits per heavy atom. The molecule has 1 saturated heterocycles. The van der Waals surface area contributed by atoms with Gasteiger partial charge in [0.1, 0.15) is 11.9 Å². The Kier molecular flexibility index (Phi) is 4.87. The second kappa shape index (κ2) is 7.07. The van der Waals surface area contributed by atoms with Gasteiger partial charge in [-0.2, -0.15) is 0 Å². The smallest absolute Gasteiger partial charge is 0.259 e. The van der Waals surface area contributed by atoms with E-state index in [1.54, 1.807) is 17.0 Å². The predicted octanol–water partition coefficient (Wildman–Crippen LogP) is 2.25. The lowest BCUT2D eigenvalue weighted by Gasteiger charge is -2.33. The lowest BCUT2D eigenvalue weighted by Crippen LogP contribution is -2.42. The number of pyridine rings is 1. The number of hydrogen-bond donors (Lipinski definition) is 1. The average molecular weight is 349 g/mol. The monoisotopic (exact) mass is 348 g/mol. The Balaban J connectivity index is 1.80. The van der Waals surface area contributed by atoms with E-state index in [2.05, 4.69) is 4.98 Å². The first-order valence-electron chi connectivity index (χ1n) is 7.51. The van der Waals surface area contributed by atoms with Crippen LogP contribution in [-0.2, 0) is 4.74 Å². The molecule has 2 heterocycles. The second-order valence-electron chi connectivity index (χ2n) is 5.44. The zero-order valence-corrected chi connectivity index (χ0v) is 13.9. The van der Waals surface area contributed by atoms with Gasteiger partial charge in [0, 0.05) is 23.8 Å². The fourth-order valence-corrected chi connectivity index (χ4v) is 2.80. The number of hydrogen-bond acceptors (Lipinski definition) is 4. The number of aromatic nitrogens is 1. The van der Waals surface area contributed by atoms with Crippen molar-refractivity contribution in [3.8, 4) is 5.75 Å². The van der Waals surface area contributed by atoms with Crippen molar-refractivity contribution in [1.82, 2.24) is 9.88 Å². The SMILES string of the molecule is COc1cc(=O)[nH]cc1C(=O)N1CCO[C@H](c2ccc(Cl)cc2)C1. The number of benzene rings is 1. The van der Waals surface area contributed by atoms with Gasteiger partial charge in [-0.1, -0.05) is 23.7 Å². The third-order valence-electron chi connectivity index (χ3n) is 3.93. The molecule has 126 valence electrons. The highest BCUT2D eigenvalue weighted by Crippen LogP contribution is 2.26. The Bertz CT molecular complexity index is 788. The summed E-state index contributed by atoms with van der Waals surface area (Å²) in [5, 5.41) is 0.653. The van der Waals surface area contributed by atoms with Crippen molar-refractivity contribution in [1.29, 1.82) is 0 Å². The summed E-state index contributed by atoms with van der Waals surface area (Å²) in [6.07, 6.45) is 1.17. The second-order valence-corrected chi connectivity index (χ2v) is 5.88. The molecular weight excluding hydrogens is 332 g/mol. The van der Waals surface area contributed by atoms with Crippen LogP contribution in [0.15, 0.2) is 41.3 Å². The van der Waals surface area contributed by atoms with E-state index < -0.39 is 0 Å². The molecule has 2 aromatic rings. The molecular formula is C17H17ClN2O4. The molecule has 24 heavy (non-hydrogen) atoms. The van der Waals surface area contributed by atoms with E-state index in [-0.39, 0.29) is 23.3 Å². The van der Waals surface area contributed by atoms with Gasteiger partial charge in [0.15, 0.2) is 0 Å². The fourth-order valence-electron chi connectivity index (χ4n) is 2.67. The van der Waals surface area contributed by atoms with Crippen LogP contribution in [0.5, 0.6) is 5.75 Å². The van der Waals surface area contributed by atoms with Gasteiger partial charge in [0.05, 0.1) is 25.8 Å². The van der Waals surface area contributed by atoms with Crippen LogP contribution >= 0.6 is 11.6 Å². The van der Waals surface area contributed by atoms with Gasteiger partial charge in [0.2, 0.25) is 0 Å². The normalized spacial score (nSPS) is 17.6. The number of amides is 1. The fraction of sp³-hybridized carbons (Fsp3) is 0.294. The number of methoxy groups -OCH3 is 1. The van der Waals surface area contributed by atoms with E-state index in [4.69, 9.17) is 21.1 Å². The number of halogens is 1. The minimum absolute atomic E-state index is 0.203. The van der Waals surface area contributed by atoms with Crippen molar-refractivity contribution in [2.75, 3.05) is 26.8 Å². The van der Waals surface area contributed by atoms with Crippen LogP contribution in [0.25, 0.3) is 0 Å². The molecule has 6 nitrogen and oxygen atoms in total. The standard InChI is InChI=1S/C17H17ClN2O4/c1-23-14-8-16(21)19-9-13(14)17(22)20-6-7-24-15(10-20)11-2-4-12(18)5-3-11/h2-5,8-9,15H,6-7,10H2,1H3,(H,19,21)/t15-/m0/s1. The van der Waals surface area contributed by atoms with Gasteiger partial charge in [0.25, 0.3) is 11.5 Å². The number of aromatic amines is 1. The minimum atomic E-state index is -0.315. The van der Waals surface area contributed by atoms with E-state index in [1.165, 1.54) is 19.4 Å². The summed E-state index contributed by atoms with van der Waals surface area (Å²) < 4.78 is 10.9. The van der Waals surface area contributed by atoms with Gasteiger partial charge >= 0.3 is 0 Å². The van der Waals surface area contributed by atoms with Crippen LogP contribution in [0.1, 0.15) is 22.0 Å². The number of ether oxygens (including phenoxy) is 2. The van der Waals surface area contributed by atoms with E-state index in [1.807, 2.05) is 12.1 Å². The molecule has 0 bridgehead atoms. The third kappa shape index (κ3) is 3.44. The minimum Gasteiger partial charge on any atom is -0.496 e. The Morgan fingerprint density at radius 1 is 1.38 bits per heavy atom. The van der Waals surface area contributed by atoms with Crippen molar-refractivity contribution in [3.05, 3.63) is 63.0 Å². The molecule has 1 aliphatic heterocycles. The molecule has 1 atom stereocenters. The highest BCUT2D eigenvalue weighted by molar-refractivity contribution is 6.30. The highest BCUT2D eigenvalue weighted by atomic mass is 35.5. The van der Waals surface area contributed by atoms with Crippen LogP contribution < -0.4 is 10.3 Å². The molecule has 1 fully saturated rings. The highest BCUT2D eigenvalue weighted by Gasteiger charge is 2.27. The molecule has 1 aromatic heterocycles. The molecule has 1 N–H and O–H groups in total. The van der Waals surface area contributed by atoms with E-state index in [9.17, 15) is 9.59 Å². The lowest BCUT2D eigenvalue weighted by molar-refractivity contribution is -0.0229. The quantitative estimate of drug-likeness (QED) is 0.923. The van der Waals surface area contributed by atoms with Gasteiger partial charge in [-0.3, -0.25) is 9.59 Å². The van der Waals surface area contributed by atoms with Crippen LogP contribution in [0.4, 0.5) is 0 Å². The summed E-state index contributed by atoms with van der Waals surface area (Å²) in [6.45, 7) is 1.33. The van der Waals surface area contributed by atoms with E-state index in [0.29, 0.717) is 30.3 Å². The number of rotatable bonds is 3. The summed E-state index contributed by atoms with van der Waals surface area (Å²) in [7, 11) is 1.43. The van der Waals surface area contributed by atoms with Crippen LogP contribution in [0.2, 0.25) is 5.02 Å². The molecule has 1 aromatic carbocycles. The first-order valence-corrected chi connectivity index (χ1v) is 7.89.